The van der Waals surface area contributed by atoms with E-state index in [-0.39, 0.29) is 11.6 Å². The molecule has 0 amide bonds. The van der Waals surface area contributed by atoms with Gasteiger partial charge in [-0.3, -0.25) is 0 Å². The Hall–Kier alpha value is -1.94. The lowest BCUT2D eigenvalue weighted by Gasteiger charge is -2.21. The molecule has 2 aromatic rings. The number of carbonyl (C=O) groups is 1. The molecule has 21 heavy (non-hydrogen) atoms. The summed E-state index contributed by atoms with van der Waals surface area (Å²) in [6, 6.07) is 11.4. The van der Waals surface area contributed by atoms with E-state index in [1.807, 2.05) is 30.3 Å². The van der Waals surface area contributed by atoms with Crippen LogP contribution in [0.5, 0.6) is 0 Å². The minimum absolute atomic E-state index is 0.291. The van der Waals surface area contributed by atoms with Crippen molar-refractivity contribution in [3.8, 4) is 0 Å². The summed E-state index contributed by atoms with van der Waals surface area (Å²) in [4.78, 5) is 16.8. The average Bonchev–Trinajstić information content (AvgIpc) is 3.08. The van der Waals surface area contributed by atoms with Crippen LogP contribution in [0.3, 0.4) is 0 Å². The Balaban J connectivity index is 1.56. The highest BCUT2D eigenvalue weighted by atomic mass is 16.6. The molecule has 1 aromatic carbocycles. The highest BCUT2D eigenvalue weighted by molar-refractivity contribution is 5.91. The zero-order chi connectivity index (χ0) is 14.3. The highest BCUT2D eigenvalue weighted by Gasteiger charge is 2.54. The normalized spacial score (nSPS) is 23.1. The SMILES string of the molecule is O=C(OC1([C@@H]2CCOC2)CC1)c1ccc2ccccc2n1. The molecule has 0 N–H and O–H groups in total. The van der Waals surface area contributed by atoms with E-state index in [2.05, 4.69) is 4.98 Å². The number of nitrogens with zero attached hydrogens (tertiary/aromatic N) is 1. The minimum Gasteiger partial charge on any atom is -0.454 e. The molecule has 2 aliphatic rings. The molecule has 2 heterocycles. The van der Waals surface area contributed by atoms with Crippen LogP contribution < -0.4 is 0 Å². The summed E-state index contributed by atoms with van der Waals surface area (Å²) in [5.41, 5.74) is 0.917. The molecule has 4 nitrogen and oxygen atoms in total. The molecule has 1 aliphatic heterocycles. The van der Waals surface area contributed by atoms with Crippen molar-refractivity contribution in [2.24, 2.45) is 5.92 Å². The van der Waals surface area contributed by atoms with Gasteiger partial charge in [0.15, 0.2) is 0 Å². The second-order valence-corrected chi connectivity index (χ2v) is 5.90. The number of aromatic nitrogens is 1. The maximum Gasteiger partial charge on any atom is 0.357 e. The number of esters is 1. The lowest BCUT2D eigenvalue weighted by molar-refractivity contribution is 0.000265. The first kappa shape index (κ1) is 12.8. The van der Waals surface area contributed by atoms with Gasteiger partial charge in [0.25, 0.3) is 0 Å². The standard InChI is InChI=1S/C17H17NO3/c19-16(21-17(8-9-17)13-7-10-20-11-13)15-6-5-12-3-1-2-4-14(12)18-15/h1-6,13H,7-11H2/t13-/m1/s1. The molecule has 0 bridgehead atoms. The number of para-hydroxylation sites is 1. The number of ether oxygens (including phenoxy) is 2. The van der Waals surface area contributed by atoms with Gasteiger partial charge in [-0.05, 0) is 31.4 Å². The first-order valence-corrected chi connectivity index (χ1v) is 7.44. The van der Waals surface area contributed by atoms with Crippen molar-refractivity contribution in [3.05, 3.63) is 42.1 Å². The molecule has 1 saturated heterocycles. The molecule has 2 fully saturated rings. The summed E-state index contributed by atoms with van der Waals surface area (Å²) < 4.78 is 11.2. The van der Waals surface area contributed by atoms with E-state index >= 15 is 0 Å². The topological polar surface area (TPSA) is 48.4 Å². The maximum absolute atomic E-state index is 12.4. The van der Waals surface area contributed by atoms with Gasteiger partial charge in [-0.2, -0.15) is 0 Å². The fourth-order valence-corrected chi connectivity index (χ4v) is 3.08. The van der Waals surface area contributed by atoms with Crippen LogP contribution in [0.4, 0.5) is 0 Å². The molecule has 0 unspecified atom stereocenters. The molecule has 1 aliphatic carbocycles. The Kier molecular flexibility index (Phi) is 2.93. The lowest BCUT2D eigenvalue weighted by Crippen LogP contribution is -2.29. The van der Waals surface area contributed by atoms with Crippen molar-refractivity contribution < 1.29 is 14.3 Å². The smallest absolute Gasteiger partial charge is 0.357 e. The Morgan fingerprint density at radius 1 is 1.24 bits per heavy atom. The van der Waals surface area contributed by atoms with E-state index in [1.54, 1.807) is 6.07 Å². The third-order valence-electron chi connectivity index (χ3n) is 4.52. The number of rotatable bonds is 3. The Morgan fingerprint density at radius 2 is 2.10 bits per heavy atom. The van der Waals surface area contributed by atoms with Gasteiger partial charge in [-0.25, -0.2) is 9.78 Å². The van der Waals surface area contributed by atoms with Crippen LogP contribution in [-0.2, 0) is 9.47 Å². The molecule has 108 valence electrons. The minimum atomic E-state index is -0.315. The van der Waals surface area contributed by atoms with Gasteiger partial charge in [0.05, 0.1) is 12.1 Å². The molecule has 0 spiro atoms. The van der Waals surface area contributed by atoms with E-state index in [4.69, 9.17) is 9.47 Å². The highest BCUT2D eigenvalue weighted by Crippen LogP contribution is 2.49. The zero-order valence-corrected chi connectivity index (χ0v) is 11.7. The van der Waals surface area contributed by atoms with Crippen LogP contribution in [0.25, 0.3) is 10.9 Å². The number of pyridine rings is 1. The quantitative estimate of drug-likeness (QED) is 0.813. The maximum atomic E-state index is 12.4. The van der Waals surface area contributed by atoms with Gasteiger partial charge < -0.3 is 9.47 Å². The summed E-state index contributed by atoms with van der Waals surface area (Å²) in [5, 5.41) is 1.03. The number of benzene rings is 1. The van der Waals surface area contributed by atoms with Crippen LogP contribution in [0.15, 0.2) is 36.4 Å². The molecular formula is C17H17NO3. The van der Waals surface area contributed by atoms with Gasteiger partial charge in [0, 0.05) is 17.9 Å². The van der Waals surface area contributed by atoms with Crippen molar-refractivity contribution in [3.63, 3.8) is 0 Å². The van der Waals surface area contributed by atoms with Gasteiger partial charge >= 0.3 is 5.97 Å². The second kappa shape index (κ2) is 4.81. The molecule has 4 heteroatoms. The largest absolute Gasteiger partial charge is 0.454 e. The Bertz CT molecular complexity index is 687. The summed E-state index contributed by atoms with van der Waals surface area (Å²) >= 11 is 0. The molecular weight excluding hydrogens is 266 g/mol. The lowest BCUT2D eigenvalue weighted by atomic mass is 9.99. The van der Waals surface area contributed by atoms with E-state index in [1.165, 1.54) is 0 Å². The number of hydrogen-bond acceptors (Lipinski definition) is 4. The molecule has 4 rings (SSSR count). The van der Waals surface area contributed by atoms with E-state index < -0.39 is 0 Å². The predicted octanol–water partition coefficient (Wildman–Crippen LogP) is 2.96. The molecule has 0 radical (unpaired) electrons. The van der Waals surface area contributed by atoms with Crippen LogP contribution in [-0.4, -0.2) is 29.8 Å². The van der Waals surface area contributed by atoms with Crippen molar-refractivity contribution in [2.75, 3.05) is 13.2 Å². The molecule has 1 atom stereocenters. The van der Waals surface area contributed by atoms with Gasteiger partial charge in [-0.1, -0.05) is 24.3 Å². The summed E-state index contributed by atoms with van der Waals surface area (Å²) in [6.45, 7) is 1.48. The van der Waals surface area contributed by atoms with E-state index in [0.717, 1.165) is 36.8 Å². The van der Waals surface area contributed by atoms with Crippen molar-refractivity contribution in [1.29, 1.82) is 0 Å². The van der Waals surface area contributed by atoms with Crippen LogP contribution >= 0.6 is 0 Å². The summed E-state index contributed by atoms with van der Waals surface area (Å²) in [6.07, 6.45) is 2.87. The number of fused-ring (bicyclic) bond motifs is 1. The first-order valence-electron chi connectivity index (χ1n) is 7.44. The van der Waals surface area contributed by atoms with Crippen molar-refractivity contribution in [1.82, 2.24) is 4.98 Å². The van der Waals surface area contributed by atoms with Crippen LogP contribution in [0.2, 0.25) is 0 Å². The number of hydrogen-bond donors (Lipinski definition) is 0. The summed E-state index contributed by atoms with van der Waals surface area (Å²) in [5.74, 6) is 0.0343. The average molecular weight is 283 g/mol. The second-order valence-electron chi connectivity index (χ2n) is 5.90. The summed E-state index contributed by atoms with van der Waals surface area (Å²) in [7, 11) is 0. The van der Waals surface area contributed by atoms with Gasteiger partial charge in [0.1, 0.15) is 11.3 Å². The van der Waals surface area contributed by atoms with Crippen LogP contribution in [0, 0.1) is 5.92 Å². The van der Waals surface area contributed by atoms with Gasteiger partial charge in [0.2, 0.25) is 0 Å². The third kappa shape index (κ3) is 2.29. The molecule has 1 saturated carbocycles. The predicted molar refractivity (Wildman–Crippen MR) is 78.0 cm³/mol. The van der Waals surface area contributed by atoms with E-state index in [0.29, 0.717) is 18.2 Å². The molecule has 1 aromatic heterocycles. The van der Waals surface area contributed by atoms with Crippen LogP contribution in [0.1, 0.15) is 29.8 Å². The fourth-order valence-electron chi connectivity index (χ4n) is 3.08. The Labute approximate surface area is 123 Å². The van der Waals surface area contributed by atoms with E-state index in [9.17, 15) is 4.79 Å². The zero-order valence-electron chi connectivity index (χ0n) is 11.7. The first-order chi connectivity index (χ1) is 10.3. The Morgan fingerprint density at radius 3 is 2.86 bits per heavy atom. The van der Waals surface area contributed by atoms with Crippen molar-refractivity contribution in [2.45, 2.75) is 24.9 Å². The van der Waals surface area contributed by atoms with Gasteiger partial charge in [-0.15, -0.1) is 0 Å². The third-order valence-corrected chi connectivity index (χ3v) is 4.52. The number of carbonyl (C=O) groups excluding carboxylic acids is 1. The van der Waals surface area contributed by atoms with Crippen molar-refractivity contribution >= 4 is 16.9 Å². The fraction of sp³-hybridized carbons (Fsp3) is 0.412. The monoisotopic (exact) mass is 283 g/mol.